The molecule has 0 aliphatic heterocycles. The van der Waals surface area contributed by atoms with Gasteiger partial charge in [-0.1, -0.05) is 42.5 Å². The number of carbonyl (C=O) groups excluding carboxylic acids is 1. The summed E-state index contributed by atoms with van der Waals surface area (Å²) < 4.78 is 18.5. The number of anilines is 1. The molecule has 7 nitrogen and oxygen atoms in total. The monoisotopic (exact) mass is 455 g/mol. The summed E-state index contributed by atoms with van der Waals surface area (Å²) in [6.07, 6.45) is 0.108. The van der Waals surface area contributed by atoms with E-state index in [4.69, 9.17) is 19.2 Å². The Kier molecular flexibility index (Phi) is 5.45. The topological polar surface area (TPSA) is 74.1 Å². The maximum Gasteiger partial charge on any atom is 0.229 e. The number of fused-ring (bicyclic) bond motifs is 5. The zero-order chi connectivity index (χ0) is 23.8. The summed E-state index contributed by atoms with van der Waals surface area (Å²) in [5.74, 6) is 2.17. The Labute approximate surface area is 196 Å². The zero-order valence-corrected chi connectivity index (χ0v) is 19.5. The minimum Gasteiger partial charge on any atom is -0.493 e. The molecule has 5 rings (SSSR count). The molecule has 2 heterocycles. The molecule has 0 radical (unpaired) electrons. The summed E-state index contributed by atoms with van der Waals surface area (Å²) in [4.78, 5) is 18.1. The first-order valence-corrected chi connectivity index (χ1v) is 10.9. The first-order valence-electron chi connectivity index (χ1n) is 10.9. The summed E-state index contributed by atoms with van der Waals surface area (Å²) in [5, 5.41) is 5.11. The van der Waals surface area contributed by atoms with E-state index in [0.717, 1.165) is 38.8 Å². The molecule has 0 atom stereocenters. The molecule has 0 fully saturated rings. The van der Waals surface area contributed by atoms with Crippen LogP contribution in [0, 0.1) is 6.92 Å². The fourth-order valence-corrected chi connectivity index (χ4v) is 4.61. The van der Waals surface area contributed by atoms with Crippen molar-refractivity contribution < 1.29 is 19.0 Å². The molecule has 1 amide bonds. The number of rotatable bonds is 6. The number of benzene rings is 3. The minimum atomic E-state index is -0.165. The van der Waals surface area contributed by atoms with Crippen molar-refractivity contribution in [3.05, 3.63) is 72.1 Å². The van der Waals surface area contributed by atoms with E-state index in [0.29, 0.717) is 22.8 Å². The number of nitrogens with one attached hydrogen (secondary N) is 1. The van der Waals surface area contributed by atoms with Crippen LogP contribution in [0.2, 0.25) is 0 Å². The Morgan fingerprint density at radius 1 is 0.882 bits per heavy atom. The summed E-state index contributed by atoms with van der Waals surface area (Å²) in [6, 6.07) is 19.6. The SMILES string of the molecule is COc1ccc(CC(=O)Nc2c3ccccc3n3c(C)nc4ccccc4c23)c(OC)c1OC. The molecule has 0 spiro atoms. The molecule has 0 unspecified atom stereocenters. The van der Waals surface area contributed by atoms with Crippen LogP contribution < -0.4 is 19.5 Å². The molecule has 5 aromatic rings. The second-order valence-corrected chi connectivity index (χ2v) is 7.97. The first-order chi connectivity index (χ1) is 16.6. The maximum atomic E-state index is 13.3. The molecule has 0 saturated carbocycles. The highest BCUT2D eigenvalue weighted by Crippen LogP contribution is 2.40. The fourth-order valence-electron chi connectivity index (χ4n) is 4.61. The number of nitrogens with zero attached hydrogens (tertiary/aromatic N) is 2. The van der Waals surface area contributed by atoms with Crippen molar-refractivity contribution in [1.29, 1.82) is 0 Å². The minimum absolute atomic E-state index is 0.108. The average Bonchev–Trinajstić information content (AvgIpc) is 3.18. The summed E-state index contributed by atoms with van der Waals surface area (Å²) in [7, 11) is 4.66. The van der Waals surface area contributed by atoms with Crippen LogP contribution >= 0.6 is 0 Å². The van der Waals surface area contributed by atoms with E-state index >= 15 is 0 Å². The van der Waals surface area contributed by atoms with Gasteiger partial charge < -0.3 is 19.5 Å². The van der Waals surface area contributed by atoms with Gasteiger partial charge in [0, 0.05) is 16.3 Å². The van der Waals surface area contributed by atoms with Crippen LogP contribution in [0.4, 0.5) is 5.69 Å². The van der Waals surface area contributed by atoms with Crippen LogP contribution in [-0.2, 0) is 11.2 Å². The van der Waals surface area contributed by atoms with Gasteiger partial charge in [0.15, 0.2) is 11.5 Å². The number of aryl methyl sites for hydroxylation is 1. The second kappa shape index (κ2) is 8.59. The summed E-state index contributed by atoms with van der Waals surface area (Å²) >= 11 is 0. The van der Waals surface area contributed by atoms with Gasteiger partial charge in [-0.25, -0.2) is 4.98 Å². The fraction of sp³-hybridized carbons (Fsp3) is 0.185. The number of carbonyl (C=O) groups is 1. The molecule has 2 aromatic heterocycles. The van der Waals surface area contributed by atoms with Gasteiger partial charge in [-0.2, -0.15) is 0 Å². The van der Waals surface area contributed by atoms with Crippen LogP contribution in [0.1, 0.15) is 11.4 Å². The maximum absolute atomic E-state index is 13.3. The Morgan fingerprint density at radius 3 is 2.32 bits per heavy atom. The van der Waals surface area contributed by atoms with E-state index in [9.17, 15) is 4.79 Å². The van der Waals surface area contributed by atoms with E-state index in [1.165, 1.54) is 0 Å². The number of ether oxygens (including phenoxy) is 3. The van der Waals surface area contributed by atoms with Crippen molar-refractivity contribution in [3.63, 3.8) is 0 Å². The van der Waals surface area contributed by atoms with Crippen molar-refractivity contribution in [3.8, 4) is 17.2 Å². The number of amides is 1. The lowest BCUT2D eigenvalue weighted by molar-refractivity contribution is -0.115. The largest absolute Gasteiger partial charge is 0.493 e. The summed E-state index contributed by atoms with van der Waals surface area (Å²) in [5.41, 5.74) is 4.27. The highest BCUT2D eigenvalue weighted by atomic mass is 16.5. The van der Waals surface area contributed by atoms with Crippen molar-refractivity contribution in [2.75, 3.05) is 26.6 Å². The van der Waals surface area contributed by atoms with Crippen LogP contribution in [-0.4, -0.2) is 36.6 Å². The zero-order valence-electron chi connectivity index (χ0n) is 19.5. The number of aromatic nitrogens is 2. The number of methoxy groups -OCH3 is 3. The molecule has 0 aliphatic carbocycles. The Morgan fingerprint density at radius 2 is 1.59 bits per heavy atom. The van der Waals surface area contributed by atoms with Gasteiger partial charge in [0.05, 0.1) is 50.0 Å². The Bertz CT molecular complexity index is 1550. The Hall–Kier alpha value is -4.26. The number of hydrogen-bond donors (Lipinski definition) is 1. The van der Waals surface area contributed by atoms with Gasteiger partial charge in [0.2, 0.25) is 11.7 Å². The predicted molar refractivity (Wildman–Crippen MR) is 133 cm³/mol. The number of hydrogen-bond acceptors (Lipinski definition) is 5. The number of para-hydroxylation sites is 2. The van der Waals surface area contributed by atoms with Crippen LogP contribution in [0.3, 0.4) is 0 Å². The van der Waals surface area contributed by atoms with Gasteiger partial charge >= 0.3 is 0 Å². The first kappa shape index (κ1) is 21.6. The normalized spacial score (nSPS) is 11.2. The second-order valence-electron chi connectivity index (χ2n) is 7.97. The van der Waals surface area contributed by atoms with Crippen LogP contribution in [0.25, 0.3) is 27.3 Å². The third-order valence-corrected chi connectivity index (χ3v) is 6.04. The molecule has 0 saturated heterocycles. The lowest BCUT2D eigenvalue weighted by Crippen LogP contribution is -2.15. The van der Waals surface area contributed by atoms with Crippen molar-refractivity contribution in [2.24, 2.45) is 0 Å². The third-order valence-electron chi connectivity index (χ3n) is 6.04. The highest BCUT2D eigenvalue weighted by molar-refractivity contribution is 6.16. The van der Waals surface area contributed by atoms with Gasteiger partial charge in [0.25, 0.3) is 0 Å². The molecule has 3 aromatic carbocycles. The average molecular weight is 456 g/mol. The van der Waals surface area contributed by atoms with Crippen LogP contribution in [0.15, 0.2) is 60.7 Å². The quantitative estimate of drug-likeness (QED) is 0.383. The van der Waals surface area contributed by atoms with Gasteiger partial charge in [-0.15, -0.1) is 0 Å². The standard InChI is InChI=1S/C27H25N3O4/c1-16-28-20-11-7-5-9-18(20)25-24(19-10-6-8-12-21(19)30(16)25)29-23(31)15-17-13-14-22(32-2)27(34-4)26(17)33-3/h5-14H,15H2,1-4H3,(H,29,31). The Balaban J connectivity index is 1.63. The van der Waals surface area contributed by atoms with E-state index in [1.54, 1.807) is 27.4 Å². The van der Waals surface area contributed by atoms with Crippen molar-refractivity contribution >= 4 is 38.9 Å². The van der Waals surface area contributed by atoms with E-state index in [-0.39, 0.29) is 12.3 Å². The van der Waals surface area contributed by atoms with Gasteiger partial charge in [0.1, 0.15) is 5.82 Å². The molecule has 1 N–H and O–H groups in total. The lowest BCUT2D eigenvalue weighted by atomic mass is 10.1. The highest BCUT2D eigenvalue weighted by Gasteiger charge is 2.21. The molecule has 172 valence electrons. The van der Waals surface area contributed by atoms with Gasteiger partial charge in [-0.05, 0) is 25.1 Å². The molecule has 34 heavy (non-hydrogen) atoms. The van der Waals surface area contributed by atoms with E-state index < -0.39 is 0 Å². The van der Waals surface area contributed by atoms with Gasteiger partial charge in [-0.3, -0.25) is 9.20 Å². The summed E-state index contributed by atoms with van der Waals surface area (Å²) in [6.45, 7) is 1.98. The molecule has 0 bridgehead atoms. The molecule has 7 heteroatoms. The predicted octanol–water partition coefficient (Wildman–Crippen LogP) is 5.16. The van der Waals surface area contributed by atoms with E-state index in [2.05, 4.69) is 9.72 Å². The smallest absolute Gasteiger partial charge is 0.229 e. The van der Waals surface area contributed by atoms with Crippen molar-refractivity contribution in [2.45, 2.75) is 13.3 Å². The molecular formula is C27H25N3O4. The molecule has 0 aliphatic rings. The van der Waals surface area contributed by atoms with E-state index in [1.807, 2.05) is 61.5 Å². The third kappa shape index (κ3) is 3.37. The van der Waals surface area contributed by atoms with Crippen LogP contribution in [0.5, 0.6) is 17.2 Å². The lowest BCUT2D eigenvalue weighted by Gasteiger charge is -2.15. The van der Waals surface area contributed by atoms with Crippen molar-refractivity contribution in [1.82, 2.24) is 9.38 Å². The molecular weight excluding hydrogens is 430 g/mol.